The lowest BCUT2D eigenvalue weighted by Gasteiger charge is -2.09. The van der Waals surface area contributed by atoms with Crippen LogP contribution in [0.15, 0.2) is 36.8 Å². The molecule has 4 nitrogen and oxygen atoms in total. The van der Waals surface area contributed by atoms with Gasteiger partial charge in [0.15, 0.2) is 0 Å². The van der Waals surface area contributed by atoms with Crippen molar-refractivity contribution in [3.8, 4) is 0 Å². The molecule has 1 rings (SSSR count). The van der Waals surface area contributed by atoms with Crippen LogP contribution in [0.3, 0.4) is 0 Å². The quantitative estimate of drug-likeness (QED) is 0.415. The Bertz CT molecular complexity index is 445. The molecule has 0 aliphatic rings. The highest BCUT2D eigenvalue weighted by molar-refractivity contribution is 6.16. The van der Waals surface area contributed by atoms with Crippen LogP contribution >= 0.6 is 0 Å². The van der Waals surface area contributed by atoms with E-state index >= 15 is 0 Å². The van der Waals surface area contributed by atoms with Crippen LogP contribution in [-0.2, 0) is 9.47 Å². The average molecular weight is 316 g/mol. The molecule has 0 aliphatic heterocycles. The predicted octanol–water partition coefficient (Wildman–Crippen LogP) is 3.90. The minimum absolute atomic E-state index is 0.269. The van der Waals surface area contributed by atoms with Gasteiger partial charge in [-0.3, -0.25) is 0 Å². The summed E-state index contributed by atoms with van der Waals surface area (Å²) in [7, 11) is 4.61. The molecule has 0 amide bonds. The summed E-state index contributed by atoms with van der Waals surface area (Å²) < 4.78 is 10.3. The van der Waals surface area contributed by atoms with Gasteiger partial charge in [-0.2, -0.15) is 0 Å². The van der Waals surface area contributed by atoms with E-state index in [1.54, 1.807) is 24.3 Å². The summed E-state index contributed by atoms with van der Waals surface area (Å²) >= 11 is 0. The van der Waals surface area contributed by atoms with E-state index in [0.717, 1.165) is 25.7 Å². The lowest BCUT2D eigenvalue weighted by atomic mass is 10.1. The Morgan fingerprint density at radius 3 is 1.65 bits per heavy atom. The van der Waals surface area contributed by atoms with Gasteiger partial charge in [-0.25, -0.2) is 9.59 Å². The maximum Gasteiger partial charge on any atom is 0.339 e. The molecule has 0 aliphatic carbocycles. The maximum absolute atomic E-state index is 11.9. The van der Waals surface area contributed by atoms with Crippen molar-refractivity contribution < 1.29 is 19.1 Å². The van der Waals surface area contributed by atoms with Gasteiger partial charge < -0.3 is 9.47 Å². The smallest absolute Gasteiger partial charge is 0.339 e. The number of unbranched alkanes of at least 4 members (excludes halogenated alkanes) is 2. The van der Waals surface area contributed by atoms with Crippen molar-refractivity contribution in [1.29, 1.82) is 0 Å². The number of esters is 2. The molecule has 0 heterocycles. The highest BCUT2D eigenvalue weighted by Gasteiger charge is 2.18. The molecule has 23 heavy (non-hydrogen) atoms. The van der Waals surface area contributed by atoms with E-state index in [4.69, 9.17) is 9.47 Å². The molecule has 0 aromatic heterocycles. The Balaban J connectivity index is 0.00000149. The zero-order valence-corrected chi connectivity index (χ0v) is 14.0. The fourth-order valence-corrected chi connectivity index (χ4v) is 1.61. The van der Waals surface area contributed by atoms with Gasteiger partial charge in [0.2, 0.25) is 0 Å². The van der Waals surface area contributed by atoms with E-state index in [1.807, 2.05) is 13.8 Å². The Hall–Kier alpha value is -2.04. The standard InChI is InChI=1S/C16H22O4.C2H3B/c1-3-5-11-19-15(17)13-9-7-8-10-14(13)16(18)20-12-6-4-2;1-2-3/h7-10H,3-6,11-12H2,1-2H3;2H,1H2. The van der Waals surface area contributed by atoms with Crippen molar-refractivity contribution in [2.24, 2.45) is 0 Å². The number of carbonyl (C=O) groups excluding carboxylic acids is 2. The third-order valence-corrected chi connectivity index (χ3v) is 2.83. The SMILES string of the molecule is CCCCOC(=O)c1ccccc1C(=O)OCCCC.[B]C=C. The van der Waals surface area contributed by atoms with Gasteiger partial charge >= 0.3 is 11.9 Å². The van der Waals surface area contributed by atoms with Gasteiger partial charge in [-0.15, -0.1) is 12.6 Å². The predicted molar refractivity (Wildman–Crippen MR) is 92.8 cm³/mol. The highest BCUT2D eigenvalue weighted by atomic mass is 16.5. The normalized spacial score (nSPS) is 9.30. The van der Waals surface area contributed by atoms with Crippen molar-refractivity contribution in [2.75, 3.05) is 13.2 Å². The Morgan fingerprint density at radius 2 is 1.35 bits per heavy atom. The van der Waals surface area contributed by atoms with Crippen LogP contribution in [0.1, 0.15) is 60.2 Å². The number of carbonyl (C=O) groups is 2. The molecule has 1 aromatic rings. The van der Waals surface area contributed by atoms with Gasteiger partial charge in [-0.1, -0.05) is 38.8 Å². The fraction of sp³-hybridized carbons (Fsp3) is 0.444. The first kappa shape index (κ1) is 21.0. The number of hydrogen-bond acceptors (Lipinski definition) is 4. The minimum atomic E-state index is -0.471. The van der Waals surface area contributed by atoms with Crippen LogP contribution in [0.5, 0.6) is 0 Å². The summed E-state index contributed by atoms with van der Waals surface area (Å²) in [6.07, 6.45) is 3.53. The lowest BCUT2D eigenvalue weighted by molar-refractivity contribution is 0.0452. The molecular weight excluding hydrogens is 291 g/mol. The number of rotatable bonds is 8. The summed E-state index contributed by atoms with van der Waals surface area (Å²) in [6, 6.07) is 6.59. The van der Waals surface area contributed by atoms with E-state index < -0.39 is 11.9 Å². The van der Waals surface area contributed by atoms with E-state index in [0.29, 0.717) is 13.2 Å². The highest BCUT2D eigenvalue weighted by Crippen LogP contribution is 2.12. The first-order valence-corrected chi connectivity index (χ1v) is 7.88. The molecule has 5 heteroatoms. The fourth-order valence-electron chi connectivity index (χ4n) is 1.61. The lowest BCUT2D eigenvalue weighted by Crippen LogP contribution is -2.14. The van der Waals surface area contributed by atoms with Crippen LogP contribution in [0.25, 0.3) is 0 Å². The molecule has 1 aromatic carbocycles. The average Bonchev–Trinajstić information content (AvgIpc) is 2.56. The first-order chi connectivity index (χ1) is 11.1. The largest absolute Gasteiger partial charge is 0.462 e. The second-order valence-electron chi connectivity index (χ2n) is 4.76. The monoisotopic (exact) mass is 316 g/mol. The van der Waals surface area contributed by atoms with Crippen LogP contribution in [-0.4, -0.2) is 33.0 Å². The van der Waals surface area contributed by atoms with Crippen molar-refractivity contribution >= 4 is 19.8 Å². The molecule has 124 valence electrons. The molecule has 0 bridgehead atoms. The summed E-state index contributed by atoms with van der Waals surface area (Å²) in [5.41, 5.74) is 0.537. The Labute approximate surface area is 140 Å². The Morgan fingerprint density at radius 1 is 1.00 bits per heavy atom. The summed E-state index contributed by atoms with van der Waals surface area (Å²) in [6.45, 7) is 7.92. The van der Waals surface area contributed by atoms with Crippen molar-refractivity contribution in [3.05, 3.63) is 47.9 Å². The summed E-state index contributed by atoms with van der Waals surface area (Å²) in [5.74, 6) is 0.308. The molecule has 0 saturated heterocycles. The zero-order valence-electron chi connectivity index (χ0n) is 14.0. The number of hydrogen-bond donors (Lipinski definition) is 0. The van der Waals surface area contributed by atoms with Gasteiger partial charge in [-0.05, 0) is 25.0 Å². The van der Waals surface area contributed by atoms with Crippen LogP contribution in [0, 0.1) is 0 Å². The van der Waals surface area contributed by atoms with E-state index in [1.165, 1.54) is 5.98 Å². The molecule has 0 unspecified atom stereocenters. The molecule has 0 spiro atoms. The number of benzene rings is 1. The Kier molecular flexibility index (Phi) is 12.4. The molecular formula is C18H25BO4. The third-order valence-electron chi connectivity index (χ3n) is 2.83. The molecule has 2 radical (unpaired) electrons. The van der Waals surface area contributed by atoms with E-state index in [2.05, 4.69) is 14.4 Å². The van der Waals surface area contributed by atoms with Gasteiger partial charge in [0.25, 0.3) is 0 Å². The van der Waals surface area contributed by atoms with Gasteiger partial charge in [0.05, 0.1) is 24.3 Å². The second-order valence-corrected chi connectivity index (χ2v) is 4.76. The molecule has 0 saturated carbocycles. The zero-order chi connectivity index (χ0) is 17.5. The first-order valence-electron chi connectivity index (χ1n) is 7.88. The number of ether oxygens (including phenoxy) is 2. The second kappa shape index (κ2) is 13.6. The van der Waals surface area contributed by atoms with Crippen molar-refractivity contribution in [3.63, 3.8) is 0 Å². The van der Waals surface area contributed by atoms with E-state index in [9.17, 15) is 9.59 Å². The third kappa shape index (κ3) is 8.86. The molecule has 0 atom stereocenters. The van der Waals surface area contributed by atoms with Gasteiger partial charge in [0, 0.05) is 0 Å². The summed E-state index contributed by atoms with van der Waals surface area (Å²) in [5, 5.41) is 0. The molecule has 0 fully saturated rings. The van der Waals surface area contributed by atoms with E-state index in [-0.39, 0.29) is 11.1 Å². The molecule has 0 N–H and O–H groups in total. The minimum Gasteiger partial charge on any atom is -0.462 e. The van der Waals surface area contributed by atoms with Crippen LogP contribution in [0.4, 0.5) is 0 Å². The van der Waals surface area contributed by atoms with Crippen molar-refractivity contribution in [1.82, 2.24) is 0 Å². The van der Waals surface area contributed by atoms with Crippen LogP contribution in [0.2, 0.25) is 0 Å². The van der Waals surface area contributed by atoms with Crippen molar-refractivity contribution in [2.45, 2.75) is 39.5 Å². The maximum atomic E-state index is 11.9. The van der Waals surface area contributed by atoms with Crippen LogP contribution < -0.4 is 0 Å². The summed E-state index contributed by atoms with van der Waals surface area (Å²) in [4.78, 5) is 23.9. The topological polar surface area (TPSA) is 52.6 Å². The van der Waals surface area contributed by atoms with Gasteiger partial charge in [0.1, 0.15) is 7.85 Å².